The zero-order valence-corrected chi connectivity index (χ0v) is 13.3. The number of rotatable bonds is 4. The van der Waals surface area contributed by atoms with Crippen molar-refractivity contribution in [3.05, 3.63) is 29.8 Å². The fourth-order valence-corrected chi connectivity index (χ4v) is 2.96. The summed E-state index contributed by atoms with van der Waals surface area (Å²) in [5, 5.41) is 6.31. The van der Waals surface area contributed by atoms with Crippen LogP contribution in [0.1, 0.15) is 36.0 Å². The Labute approximate surface area is 136 Å². The van der Waals surface area contributed by atoms with Gasteiger partial charge in [0.25, 0.3) is 5.91 Å². The van der Waals surface area contributed by atoms with E-state index in [-0.39, 0.29) is 24.2 Å². The van der Waals surface area contributed by atoms with Crippen molar-refractivity contribution in [1.82, 2.24) is 10.6 Å². The van der Waals surface area contributed by atoms with E-state index in [1.165, 1.54) is 6.42 Å². The fourth-order valence-electron chi connectivity index (χ4n) is 2.96. The molecule has 2 heterocycles. The van der Waals surface area contributed by atoms with Crippen LogP contribution in [-0.2, 0) is 4.79 Å². The van der Waals surface area contributed by atoms with Crippen LogP contribution in [0, 0.1) is 0 Å². The first-order valence-corrected chi connectivity index (χ1v) is 7.66. The van der Waals surface area contributed by atoms with Crippen molar-refractivity contribution in [2.45, 2.75) is 31.7 Å². The second-order valence-electron chi connectivity index (χ2n) is 5.70. The molecule has 120 valence electrons. The highest BCUT2D eigenvalue weighted by molar-refractivity contribution is 5.97. The van der Waals surface area contributed by atoms with E-state index in [2.05, 4.69) is 10.6 Å². The van der Waals surface area contributed by atoms with Crippen molar-refractivity contribution in [3.8, 4) is 0 Å². The average molecular weight is 324 g/mol. The van der Waals surface area contributed by atoms with Gasteiger partial charge in [0.2, 0.25) is 5.91 Å². The van der Waals surface area contributed by atoms with Gasteiger partial charge in [0.05, 0.1) is 0 Å². The minimum atomic E-state index is -0.0528. The van der Waals surface area contributed by atoms with Crippen molar-refractivity contribution in [2.75, 3.05) is 24.5 Å². The maximum Gasteiger partial charge on any atom is 0.251 e. The number of hydrogen-bond acceptors (Lipinski definition) is 3. The van der Waals surface area contributed by atoms with Crippen LogP contribution >= 0.6 is 12.4 Å². The third-order valence-corrected chi connectivity index (χ3v) is 4.19. The average Bonchev–Trinajstić information content (AvgIpc) is 3.16. The van der Waals surface area contributed by atoms with E-state index in [9.17, 15) is 9.59 Å². The standard InChI is InChI=1S/C16H21N3O2.ClH/c20-15-4-2-10-19(15)14-7-5-12(6-8-14)16(21)18-11-13-3-1-9-17-13;/h5-8,13,17H,1-4,9-11H2,(H,18,21);1H. The predicted molar refractivity (Wildman–Crippen MR) is 88.6 cm³/mol. The second-order valence-corrected chi connectivity index (χ2v) is 5.70. The van der Waals surface area contributed by atoms with Crippen LogP contribution in [0.15, 0.2) is 24.3 Å². The van der Waals surface area contributed by atoms with E-state index in [0.29, 0.717) is 24.6 Å². The molecule has 2 fully saturated rings. The van der Waals surface area contributed by atoms with Crippen molar-refractivity contribution >= 4 is 29.9 Å². The molecule has 1 aromatic rings. The number of nitrogens with one attached hydrogen (secondary N) is 2. The number of benzene rings is 1. The molecule has 2 amide bonds. The number of nitrogens with zero attached hydrogens (tertiary/aromatic N) is 1. The van der Waals surface area contributed by atoms with Gasteiger partial charge in [-0.1, -0.05) is 0 Å². The Balaban J connectivity index is 0.00000176. The summed E-state index contributed by atoms with van der Waals surface area (Å²) in [4.78, 5) is 25.5. The summed E-state index contributed by atoms with van der Waals surface area (Å²) < 4.78 is 0. The van der Waals surface area contributed by atoms with Crippen molar-refractivity contribution < 1.29 is 9.59 Å². The summed E-state index contributed by atoms with van der Waals surface area (Å²) in [5.41, 5.74) is 1.52. The van der Waals surface area contributed by atoms with Crippen molar-refractivity contribution in [2.24, 2.45) is 0 Å². The lowest BCUT2D eigenvalue weighted by molar-refractivity contribution is -0.117. The minimum Gasteiger partial charge on any atom is -0.350 e. The first-order valence-electron chi connectivity index (χ1n) is 7.66. The molecular weight excluding hydrogens is 302 g/mol. The van der Waals surface area contributed by atoms with Crippen LogP contribution in [0.2, 0.25) is 0 Å². The summed E-state index contributed by atoms with van der Waals surface area (Å²) in [6.45, 7) is 2.49. The van der Waals surface area contributed by atoms with Gasteiger partial charge in [-0.05, 0) is 50.1 Å². The van der Waals surface area contributed by atoms with E-state index in [1.54, 1.807) is 17.0 Å². The highest BCUT2D eigenvalue weighted by atomic mass is 35.5. The van der Waals surface area contributed by atoms with E-state index < -0.39 is 0 Å². The Kier molecular flexibility index (Phi) is 5.80. The van der Waals surface area contributed by atoms with Crippen LogP contribution in [-0.4, -0.2) is 37.5 Å². The third kappa shape index (κ3) is 3.78. The molecule has 2 N–H and O–H groups in total. The lowest BCUT2D eigenvalue weighted by Gasteiger charge is -2.16. The fraction of sp³-hybridized carbons (Fsp3) is 0.500. The second kappa shape index (κ2) is 7.61. The van der Waals surface area contributed by atoms with Gasteiger partial charge in [-0.25, -0.2) is 0 Å². The highest BCUT2D eigenvalue weighted by Crippen LogP contribution is 2.21. The molecule has 2 aliphatic rings. The molecule has 1 atom stereocenters. The molecule has 1 aromatic carbocycles. The Bertz CT molecular complexity index is 527. The summed E-state index contributed by atoms with van der Waals surface area (Å²) in [6, 6.07) is 7.68. The molecule has 6 heteroatoms. The predicted octanol–water partition coefficient (Wildman–Crippen LogP) is 1.72. The molecule has 0 spiro atoms. The SMILES string of the molecule is Cl.O=C(NCC1CCCN1)c1ccc(N2CCCC2=O)cc1. The molecule has 2 saturated heterocycles. The third-order valence-electron chi connectivity index (χ3n) is 4.19. The van der Waals surface area contributed by atoms with E-state index in [0.717, 1.165) is 31.6 Å². The van der Waals surface area contributed by atoms with Crippen molar-refractivity contribution in [3.63, 3.8) is 0 Å². The van der Waals surface area contributed by atoms with Gasteiger partial charge in [-0.15, -0.1) is 12.4 Å². The number of anilines is 1. The normalized spacial score (nSPS) is 20.8. The Morgan fingerprint density at radius 1 is 1.27 bits per heavy atom. The lowest BCUT2D eigenvalue weighted by atomic mass is 10.1. The number of hydrogen-bond donors (Lipinski definition) is 2. The zero-order valence-electron chi connectivity index (χ0n) is 12.5. The van der Waals surface area contributed by atoms with Gasteiger partial charge in [0, 0.05) is 36.8 Å². The summed E-state index contributed by atoms with van der Waals surface area (Å²) in [5.74, 6) is 0.113. The van der Waals surface area contributed by atoms with Gasteiger partial charge in [0.1, 0.15) is 0 Å². The van der Waals surface area contributed by atoms with Crippen LogP contribution < -0.4 is 15.5 Å². The smallest absolute Gasteiger partial charge is 0.251 e. The summed E-state index contributed by atoms with van der Waals surface area (Å²) in [7, 11) is 0. The van der Waals surface area contributed by atoms with Gasteiger partial charge >= 0.3 is 0 Å². The van der Waals surface area contributed by atoms with Crippen LogP contribution in [0.25, 0.3) is 0 Å². The van der Waals surface area contributed by atoms with Crippen LogP contribution in [0.5, 0.6) is 0 Å². The van der Waals surface area contributed by atoms with Gasteiger partial charge < -0.3 is 15.5 Å². The molecule has 0 aliphatic carbocycles. The first-order chi connectivity index (χ1) is 10.2. The molecule has 0 aromatic heterocycles. The Morgan fingerprint density at radius 3 is 2.64 bits per heavy atom. The largest absolute Gasteiger partial charge is 0.350 e. The number of carbonyl (C=O) groups excluding carboxylic acids is 2. The van der Waals surface area contributed by atoms with Gasteiger partial charge in [0.15, 0.2) is 0 Å². The van der Waals surface area contributed by atoms with E-state index in [4.69, 9.17) is 0 Å². The van der Waals surface area contributed by atoms with E-state index in [1.807, 2.05) is 12.1 Å². The molecule has 22 heavy (non-hydrogen) atoms. The molecule has 2 aliphatic heterocycles. The Hall–Kier alpha value is -1.59. The van der Waals surface area contributed by atoms with Crippen LogP contribution in [0.3, 0.4) is 0 Å². The van der Waals surface area contributed by atoms with Crippen LogP contribution in [0.4, 0.5) is 5.69 Å². The molecular formula is C16H22ClN3O2. The van der Waals surface area contributed by atoms with E-state index >= 15 is 0 Å². The molecule has 5 nitrogen and oxygen atoms in total. The molecule has 3 rings (SSSR count). The number of amides is 2. The van der Waals surface area contributed by atoms with Crippen molar-refractivity contribution in [1.29, 1.82) is 0 Å². The molecule has 0 saturated carbocycles. The summed E-state index contributed by atoms with van der Waals surface area (Å²) >= 11 is 0. The summed E-state index contributed by atoms with van der Waals surface area (Å²) in [6.07, 6.45) is 3.83. The molecule has 1 unspecified atom stereocenters. The zero-order chi connectivity index (χ0) is 14.7. The highest BCUT2D eigenvalue weighted by Gasteiger charge is 2.21. The maximum atomic E-state index is 12.1. The minimum absolute atomic E-state index is 0. The molecule has 0 bridgehead atoms. The monoisotopic (exact) mass is 323 g/mol. The number of carbonyl (C=O) groups is 2. The molecule has 0 radical (unpaired) electrons. The topological polar surface area (TPSA) is 61.4 Å². The first kappa shape index (κ1) is 16.8. The quantitative estimate of drug-likeness (QED) is 0.887. The lowest BCUT2D eigenvalue weighted by Crippen LogP contribution is -2.37. The Morgan fingerprint density at radius 2 is 2.05 bits per heavy atom. The maximum absolute atomic E-state index is 12.1. The van der Waals surface area contributed by atoms with Gasteiger partial charge in [-0.3, -0.25) is 9.59 Å². The van der Waals surface area contributed by atoms with Gasteiger partial charge in [-0.2, -0.15) is 0 Å². The number of halogens is 1.